The number of hydrogen-bond donors (Lipinski definition) is 3. The predicted octanol–water partition coefficient (Wildman–Crippen LogP) is 0.756. The van der Waals surface area contributed by atoms with Gasteiger partial charge >= 0.3 is 12.1 Å². The van der Waals surface area contributed by atoms with Crippen molar-refractivity contribution in [2.75, 3.05) is 23.9 Å². The van der Waals surface area contributed by atoms with Gasteiger partial charge in [-0.1, -0.05) is 0 Å². The van der Waals surface area contributed by atoms with Gasteiger partial charge in [0.05, 0.1) is 6.61 Å². The number of hydrogen-bond acceptors (Lipinski definition) is 7. The number of halogens is 3. The van der Waals surface area contributed by atoms with Crippen LogP contribution in [-0.2, 0) is 15.7 Å². The molecule has 106 valence electrons. The van der Waals surface area contributed by atoms with Crippen LogP contribution in [0.1, 0.15) is 12.6 Å². The SMILES string of the molecule is CCOC(=O)CNc1cc(C(F)(F)F)nc(NN)n1. The largest absolute Gasteiger partial charge is 0.465 e. The number of alkyl halides is 3. The number of nitrogens with two attached hydrogens (primary N) is 1. The Hall–Kier alpha value is -2.10. The van der Waals surface area contributed by atoms with E-state index in [4.69, 9.17) is 5.84 Å². The molecule has 0 aliphatic carbocycles. The minimum atomic E-state index is -4.64. The first-order valence-electron chi connectivity index (χ1n) is 5.19. The number of esters is 1. The van der Waals surface area contributed by atoms with E-state index < -0.39 is 23.8 Å². The summed E-state index contributed by atoms with van der Waals surface area (Å²) >= 11 is 0. The van der Waals surface area contributed by atoms with E-state index in [-0.39, 0.29) is 19.0 Å². The van der Waals surface area contributed by atoms with Gasteiger partial charge in [-0.3, -0.25) is 10.2 Å². The third-order valence-corrected chi connectivity index (χ3v) is 1.86. The maximum Gasteiger partial charge on any atom is 0.433 e. The summed E-state index contributed by atoms with van der Waals surface area (Å²) < 4.78 is 42.2. The van der Waals surface area contributed by atoms with Crippen LogP contribution in [0, 0.1) is 0 Å². The van der Waals surface area contributed by atoms with Gasteiger partial charge < -0.3 is 10.1 Å². The molecule has 0 unspecified atom stereocenters. The average Bonchev–Trinajstić information content (AvgIpc) is 2.35. The van der Waals surface area contributed by atoms with E-state index in [1.807, 2.05) is 5.43 Å². The lowest BCUT2D eigenvalue weighted by Gasteiger charge is -2.11. The van der Waals surface area contributed by atoms with Crippen molar-refractivity contribution in [3.63, 3.8) is 0 Å². The molecular weight excluding hydrogens is 267 g/mol. The summed E-state index contributed by atoms with van der Waals surface area (Å²) in [6.07, 6.45) is -4.64. The molecule has 7 nitrogen and oxygen atoms in total. The van der Waals surface area contributed by atoms with E-state index >= 15 is 0 Å². The van der Waals surface area contributed by atoms with Gasteiger partial charge in [-0.05, 0) is 6.92 Å². The predicted molar refractivity (Wildman–Crippen MR) is 60.0 cm³/mol. The van der Waals surface area contributed by atoms with Crippen molar-refractivity contribution >= 4 is 17.7 Å². The fourth-order valence-corrected chi connectivity index (χ4v) is 1.12. The molecule has 0 saturated carbocycles. The van der Waals surface area contributed by atoms with Crippen molar-refractivity contribution in [3.05, 3.63) is 11.8 Å². The summed E-state index contributed by atoms with van der Waals surface area (Å²) in [5.41, 5.74) is 0.735. The molecule has 1 aromatic rings. The molecule has 10 heteroatoms. The van der Waals surface area contributed by atoms with Crippen molar-refractivity contribution in [2.45, 2.75) is 13.1 Å². The highest BCUT2D eigenvalue weighted by Crippen LogP contribution is 2.29. The molecule has 1 aromatic heterocycles. The summed E-state index contributed by atoms with van der Waals surface area (Å²) in [4.78, 5) is 17.9. The molecule has 19 heavy (non-hydrogen) atoms. The zero-order valence-electron chi connectivity index (χ0n) is 9.91. The maximum absolute atomic E-state index is 12.5. The Kier molecular flexibility index (Phi) is 4.87. The molecule has 0 aliphatic heterocycles. The van der Waals surface area contributed by atoms with Crippen molar-refractivity contribution in [1.82, 2.24) is 9.97 Å². The van der Waals surface area contributed by atoms with Gasteiger partial charge in [-0.15, -0.1) is 0 Å². The Labute approximate surface area is 106 Å². The summed E-state index contributed by atoms with van der Waals surface area (Å²) in [7, 11) is 0. The van der Waals surface area contributed by atoms with E-state index in [1.165, 1.54) is 0 Å². The van der Waals surface area contributed by atoms with Gasteiger partial charge in [0.15, 0.2) is 5.69 Å². The Bertz CT molecular complexity index is 452. The van der Waals surface area contributed by atoms with Crippen molar-refractivity contribution in [2.24, 2.45) is 5.84 Å². The van der Waals surface area contributed by atoms with E-state index in [0.717, 1.165) is 0 Å². The van der Waals surface area contributed by atoms with E-state index in [2.05, 4.69) is 20.0 Å². The first-order chi connectivity index (χ1) is 8.86. The van der Waals surface area contributed by atoms with Gasteiger partial charge in [-0.25, -0.2) is 10.8 Å². The van der Waals surface area contributed by atoms with Crippen molar-refractivity contribution in [1.29, 1.82) is 0 Å². The fourth-order valence-electron chi connectivity index (χ4n) is 1.12. The van der Waals surface area contributed by atoms with Crippen LogP contribution in [0.5, 0.6) is 0 Å². The lowest BCUT2D eigenvalue weighted by atomic mass is 10.3. The first-order valence-corrected chi connectivity index (χ1v) is 5.19. The second-order valence-electron chi connectivity index (χ2n) is 3.26. The van der Waals surface area contributed by atoms with Crippen molar-refractivity contribution in [3.8, 4) is 0 Å². The molecule has 0 atom stereocenters. The van der Waals surface area contributed by atoms with Crippen LogP contribution in [0.15, 0.2) is 6.07 Å². The second-order valence-corrected chi connectivity index (χ2v) is 3.26. The molecule has 4 N–H and O–H groups in total. The zero-order chi connectivity index (χ0) is 14.5. The Morgan fingerprint density at radius 2 is 2.16 bits per heavy atom. The van der Waals surface area contributed by atoms with Crippen LogP contribution in [-0.4, -0.2) is 29.1 Å². The third-order valence-electron chi connectivity index (χ3n) is 1.86. The van der Waals surface area contributed by atoms with E-state index in [9.17, 15) is 18.0 Å². The quantitative estimate of drug-likeness (QED) is 0.415. The highest BCUT2D eigenvalue weighted by molar-refractivity contribution is 5.74. The normalized spacial score (nSPS) is 11.0. The molecule has 1 rings (SSSR count). The zero-order valence-corrected chi connectivity index (χ0v) is 9.91. The van der Waals surface area contributed by atoms with Gasteiger partial charge in [-0.2, -0.15) is 18.2 Å². The molecule has 0 fully saturated rings. The Morgan fingerprint density at radius 3 is 2.68 bits per heavy atom. The maximum atomic E-state index is 12.5. The van der Waals surface area contributed by atoms with Gasteiger partial charge in [0.25, 0.3) is 0 Å². The average molecular weight is 279 g/mol. The van der Waals surface area contributed by atoms with Crippen LogP contribution in [0.2, 0.25) is 0 Å². The minimum absolute atomic E-state index is 0.174. The fraction of sp³-hybridized carbons (Fsp3) is 0.444. The number of carbonyl (C=O) groups is 1. The summed E-state index contributed by atoms with van der Waals surface area (Å²) in [5, 5.41) is 2.40. The molecule has 1 heterocycles. The lowest BCUT2D eigenvalue weighted by molar-refractivity contribution is -0.141. The number of nitrogens with zero attached hydrogens (tertiary/aromatic N) is 2. The van der Waals surface area contributed by atoms with Crippen LogP contribution in [0.4, 0.5) is 24.9 Å². The number of ether oxygens (including phenoxy) is 1. The number of hydrazine groups is 1. The monoisotopic (exact) mass is 279 g/mol. The van der Waals surface area contributed by atoms with Crippen LogP contribution in [0.25, 0.3) is 0 Å². The lowest BCUT2D eigenvalue weighted by Crippen LogP contribution is -2.20. The van der Waals surface area contributed by atoms with Gasteiger partial charge in [0.2, 0.25) is 5.95 Å². The highest BCUT2D eigenvalue weighted by atomic mass is 19.4. The summed E-state index contributed by atoms with van der Waals surface area (Å²) in [6, 6.07) is 0.667. The number of rotatable bonds is 5. The van der Waals surface area contributed by atoms with Gasteiger partial charge in [0.1, 0.15) is 12.4 Å². The second kappa shape index (κ2) is 6.18. The summed E-state index contributed by atoms with van der Waals surface area (Å²) in [5.74, 6) is 3.75. The number of nitrogens with one attached hydrogen (secondary N) is 2. The molecular formula is C9H12F3N5O2. The van der Waals surface area contributed by atoms with E-state index in [0.29, 0.717) is 6.07 Å². The third kappa shape index (κ3) is 4.58. The first kappa shape index (κ1) is 15.0. The van der Waals surface area contributed by atoms with Crippen LogP contribution < -0.4 is 16.6 Å². The molecule has 0 aliphatic rings. The van der Waals surface area contributed by atoms with Gasteiger partial charge in [0, 0.05) is 6.07 Å². The number of nitrogen functional groups attached to an aromatic ring is 1. The highest BCUT2D eigenvalue weighted by Gasteiger charge is 2.33. The number of carbonyl (C=O) groups excluding carboxylic acids is 1. The summed E-state index contributed by atoms with van der Waals surface area (Å²) in [6.45, 7) is 1.47. The van der Waals surface area contributed by atoms with Crippen LogP contribution in [0.3, 0.4) is 0 Å². The molecule has 0 spiro atoms. The Morgan fingerprint density at radius 1 is 1.47 bits per heavy atom. The topological polar surface area (TPSA) is 102 Å². The standard InChI is InChI=1S/C9H12F3N5O2/c1-2-19-7(18)4-14-6-3-5(9(10,11)12)15-8(16-6)17-13/h3H,2,4,13H2,1H3,(H2,14,15,16,17). The molecule has 0 amide bonds. The minimum Gasteiger partial charge on any atom is -0.465 e. The molecule has 0 bridgehead atoms. The Balaban J connectivity index is 2.86. The number of anilines is 2. The smallest absolute Gasteiger partial charge is 0.433 e. The van der Waals surface area contributed by atoms with Crippen LogP contribution >= 0.6 is 0 Å². The molecule has 0 saturated heterocycles. The van der Waals surface area contributed by atoms with E-state index in [1.54, 1.807) is 6.92 Å². The molecule has 0 aromatic carbocycles. The van der Waals surface area contributed by atoms with Crippen molar-refractivity contribution < 1.29 is 22.7 Å². The molecule has 0 radical (unpaired) electrons. The number of aromatic nitrogens is 2.